The number of halogens is 2. The lowest BCUT2D eigenvalue weighted by atomic mass is 10.2. The SMILES string of the molecule is Nc1ccc(Cl)c(C(=O)Nc2cc(Cl)ccn2)c1. The van der Waals surface area contributed by atoms with Crippen molar-refractivity contribution in [3.63, 3.8) is 0 Å². The minimum Gasteiger partial charge on any atom is -0.399 e. The lowest BCUT2D eigenvalue weighted by Crippen LogP contribution is -2.13. The number of carbonyl (C=O) groups is 1. The van der Waals surface area contributed by atoms with E-state index in [0.717, 1.165) is 0 Å². The third-order valence-corrected chi connectivity index (χ3v) is 2.76. The molecule has 0 saturated heterocycles. The normalized spacial score (nSPS) is 10.1. The summed E-state index contributed by atoms with van der Waals surface area (Å²) in [5.74, 6) is -0.0342. The van der Waals surface area contributed by atoms with Crippen molar-refractivity contribution < 1.29 is 4.79 Å². The van der Waals surface area contributed by atoms with Crippen molar-refractivity contribution in [1.82, 2.24) is 4.98 Å². The number of nitrogens with one attached hydrogen (secondary N) is 1. The number of nitrogens with two attached hydrogens (primary N) is 1. The molecule has 6 heteroatoms. The molecular formula is C12H9Cl2N3O. The lowest BCUT2D eigenvalue weighted by Gasteiger charge is -2.07. The van der Waals surface area contributed by atoms with Gasteiger partial charge in [0, 0.05) is 16.9 Å². The molecule has 0 radical (unpaired) electrons. The smallest absolute Gasteiger partial charge is 0.258 e. The molecule has 0 bridgehead atoms. The van der Waals surface area contributed by atoms with Gasteiger partial charge in [0.25, 0.3) is 5.91 Å². The minimum absolute atomic E-state index is 0.290. The van der Waals surface area contributed by atoms with Gasteiger partial charge in [0.15, 0.2) is 0 Å². The van der Waals surface area contributed by atoms with Crippen LogP contribution < -0.4 is 11.1 Å². The van der Waals surface area contributed by atoms with Gasteiger partial charge in [-0.2, -0.15) is 0 Å². The van der Waals surface area contributed by atoms with Crippen molar-refractivity contribution in [2.75, 3.05) is 11.1 Å². The summed E-state index contributed by atoms with van der Waals surface area (Å²) in [5.41, 5.74) is 6.36. The molecule has 0 atom stereocenters. The summed E-state index contributed by atoms with van der Waals surface area (Å²) in [6.45, 7) is 0. The summed E-state index contributed by atoms with van der Waals surface area (Å²) in [5, 5.41) is 3.40. The lowest BCUT2D eigenvalue weighted by molar-refractivity contribution is 0.102. The minimum atomic E-state index is -0.387. The van der Waals surface area contributed by atoms with Crippen LogP contribution in [-0.2, 0) is 0 Å². The van der Waals surface area contributed by atoms with Crippen LogP contribution in [0, 0.1) is 0 Å². The number of nitrogen functional groups attached to an aromatic ring is 1. The van der Waals surface area contributed by atoms with E-state index in [1.807, 2.05) is 0 Å². The fourth-order valence-corrected chi connectivity index (χ4v) is 1.74. The number of carbonyl (C=O) groups excluding carboxylic acids is 1. The first-order valence-electron chi connectivity index (χ1n) is 5.04. The molecule has 1 aromatic carbocycles. The van der Waals surface area contributed by atoms with Crippen LogP contribution >= 0.6 is 23.2 Å². The third-order valence-electron chi connectivity index (χ3n) is 2.20. The van der Waals surface area contributed by atoms with Gasteiger partial charge < -0.3 is 11.1 Å². The maximum Gasteiger partial charge on any atom is 0.258 e. The van der Waals surface area contributed by atoms with E-state index in [-0.39, 0.29) is 5.91 Å². The van der Waals surface area contributed by atoms with Gasteiger partial charge in [0.2, 0.25) is 0 Å². The molecule has 2 aromatic rings. The molecule has 0 unspecified atom stereocenters. The zero-order valence-electron chi connectivity index (χ0n) is 9.15. The third kappa shape index (κ3) is 2.91. The molecule has 0 aliphatic rings. The van der Waals surface area contributed by atoms with E-state index in [9.17, 15) is 4.79 Å². The summed E-state index contributed by atoms with van der Waals surface area (Å²) < 4.78 is 0. The van der Waals surface area contributed by atoms with Gasteiger partial charge in [-0.3, -0.25) is 4.79 Å². The zero-order chi connectivity index (χ0) is 13.1. The highest BCUT2D eigenvalue weighted by molar-refractivity contribution is 6.34. The highest BCUT2D eigenvalue weighted by atomic mass is 35.5. The molecule has 4 nitrogen and oxygen atoms in total. The highest BCUT2D eigenvalue weighted by Gasteiger charge is 2.11. The Balaban J connectivity index is 2.24. The summed E-state index contributed by atoms with van der Waals surface area (Å²) in [4.78, 5) is 15.9. The predicted octanol–water partition coefficient (Wildman–Crippen LogP) is 3.22. The standard InChI is InChI=1S/C12H9Cl2N3O/c13-7-3-4-16-11(5-7)17-12(18)9-6-8(15)1-2-10(9)14/h1-6H,15H2,(H,16,17,18). The van der Waals surface area contributed by atoms with Crippen LogP contribution in [0.5, 0.6) is 0 Å². The van der Waals surface area contributed by atoms with E-state index in [1.54, 1.807) is 24.3 Å². The second-order valence-electron chi connectivity index (χ2n) is 3.55. The fourth-order valence-electron chi connectivity index (χ4n) is 1.37. The number of amides is 1. The van der Waals surface area contributed by atoms with Gasteiger partial charge in [-0.1, -0.05) is 23.2 Å². The van der Waals surface area contributed by atoms with Crippen molar-refractivity contribution >= 4 is 40.6 Å². The van der Waals surface area contributed by atoms with Crippen molar-refractivity contribution in [3.05, 3.63) is 52.1 Å². The molecule has 0 spiro atoms. The van der Waals surface area contributed by atoms with Crippen LogP contribution in [0.25, 0.3) is 0 Å². The maximum atomic E-state index is 12.0. The Labute approximate surface area is 114 Å². The number of rotatable bonds is 2. The molecule has 0 aliphatic heterocycles. The predicted molar refractivity (Wildman–Crippen MR) is 73.1 cm³/mol. The second kappa shape index (κ2) is 5.25. The largest absolute Gasteiger partial charge is 0.399 e. The first-order valence-corrected chi connectivity index (χ1v) is 5.80. The van der Waals surface area contributed by atoms with E-state index in [4.69, 9.17) is 28.9 Å². The first-order chi connectivity index (χ1) is 8.56. The Bertz CT molecular complexity index is 602. The van der Waals surface area contributed by atoms with Gasteiger partial charge in [0.1, 0.15) is 5.82 Å². The van der Waals surface area contributed by atoms with Crippen LogP contribution in [0.15, 0.2) is 36.5 Å². The van der Waals surface area contributed by atoms with Crippen molar-refractivity contribution in [2.24, 2.45) is 0 Å². The maximum absolute atomic E-state index is 12.0. The van der Waals surface area contributed by atoms with E-state index in [1.165, 1.54) is 12.3 Å². The van der Waals surface area contributed by atoms with E-state index in [0.29, 0.717) is 27.1 Å². The van der Waals surface area contributed by atoms with Crippen molar-refractivity contribution in [1.29, 1.82) is 0 Å². The average molecular weight is 282 g/mol. The van der Waals surface area contributed by atoms with Crippen LogP contribution in [0.4, 0.5) is 11.5 Å². The van der Waals surface area contributed by atoms with E-state index in [2.05, 4.69) is 10.3 Å². The molecule has 0 saturated carbocycles. The summed E-state index contributed by atoms with van der Waals surface area (Å²) >= 11 is 11.7. The molecular weight excluding hydrogens is 273 g/mol. The Morgan fingerprint density at radius 1 is 1.22 bits per heavy atom. The molecule has 0 fully saturated rings. The number of aromatic nitrogens is 1. The number of hydrogen-bond acceptors (Lipinski definition) is 3. The quantitative estimate of drug-likeness (QED) is 0.831. The second-order valence-corrected chi connectivity index (χ2v) is 4.40. The first kappa shape index (κ1) is 12.7. The summed E-state index contributed by atoms with van der Waals surface area (Å²) in [6, 6.07) is 7.85. The monoisotopic (exact) mass is 281 g/mol. The Hall–Kier alpha value is -1.78. The fraction of sp³-hybridized carbons (Fsp3) is 0. The summed E-state index contributed by atoms with van der Waals surface area (Å²) in [7, 11) is 0. The van der Waals surface area contributed by atoms with E-state index >= 15 is 0 Å². The van der Waals surface area contributed by atoms with Crippen LogP contribution in [0.2, 0.25) is 10.0 Å². The van der Waals surface area contributed by atoms with Gasteiger partial charge >= 0.3 is 0 Å². The molecule has 1 heterocycles. The molecule has 2 rings (SSSR count). The van der Waals surface area contributed by atoms with Crippen LogP contribution in [-0.4, -0.2) is 10.9 Å². The highest BCUT2D eigenvalue weighted by Crippen LogP contribution is 2.20. The van der Waals surface area contributed by atoms with Crippen molar-refractivity contribution in [3.8, 4) is 0 Å². The van der Waals surface area contributed by atoms with E-state index < -0.39 is 0 Å². The number of benzene rings is 1. The number of anilines is 2. The molecule has 92 valence electrons. The van der Waals surface area contributed by atoms with Crippen LogP contribution in [0.1, 0.15) is 10.4 Å². The molecule has 0 aliphatic carbocycles. The Morgan fingerprint density at radius 3 is 2.72 bits per heavy atom. The molecule has 3 N–H and O–H groups in total. The molecule has 1 amide bonds. The van der Waals surface area contributed by atoms with Gasteiger partial charge in [0.05, 0.1) is 10.6 Å². The zero-order valence-corrected chi connectivity index (χ0v) is 10.7. The van der Waals surface area contributed by atoms with Gasteiger partial charge in [-0.05, 0) is 30.3 Å². The Morgan fingerprint density at radius 2 is 2.00 bits per heavy atom. The van der Waals surface area contributed by atoms with Crippen molar-refractivity contribution in [2.45, 2.75) is 0 Å². The molecule has 1 aromatic heterocycles. The van der Waals surface area contributed by atoms with Gasteiger partial charge in [-0.25, -0.2) is 4.98 Å². The number of nitrogens with zero attached hydrogens (tertiary/aromatic N) is 1. The topological polar surface area (TPSA) is 68.0 Å². The van der Waals surface area contributed by atoms with Gasteiger partial charge in [-0.15, -0.1) is 0 Å². The number of pyridine rings is 1. The Kier molecular flexibility index (Phi) is 3.69. The van der Waals surface area contributed by atoms with Crippen LogP contribution in [0.3, 0.4) is 0 Å². The molecule has 18 heavy (non-hydrogen) atoms. The average Bonchev–Trinajstić information content (AvgIpc) is 2.32. The number of hydrogen-bond donors (Lipinski definition) is 2. The summed E-state index contributed by atoms with van der Waals surface area (Å²) in [6.07, 6.45) is 1.50.